The van der Waals surface area contributed by atoms with Crippen LogP contribution in [0.2, 0.25) is 0 Å². The van der Waals surface area contributed by atoms with Crippen LogP contribution in [0.4, 0.5) is 0 Å². The highest BCUT2D eigenvalue weighted by atomic mass is 16.5. The number of aliphatic hydroxyl groups excluding tert-OH is 1. The molecule has 0 amide bonds. The lowest BCUT2D eigenvalue weighted by Gasteiger charge is -2.17. The highest BCUT2D eigenvalue weighted by molar-refractivity contribution is 5.34. The van der Waals surface area contributed by atoms with Crippen molar-refractivity contribution in [3.8, 4) is 5.75 Å². The minimum Gasteiger partial charge on any atom is -0.488 e. The highest BCUT2D eigenvalue weighted by Crippen LogP contribution is 2.25. The van der Waals surface area contributed by atoms with Crippen molar-refractivity contribution in [3.63, 3.8) is 0 Å². The van der Waals surface area contributed by atoms with Crippen molar-refractivity contribution >= 4 is 0 Å². The Hall–Kier alpha value is -1.02. The number of rotatable bonds is 2. The first kappa shape index (κ1) is 10.5. The van der Waals surface area contributed by atoms with Gasteiger partial charge in [0.1, 0.15) is 11.9 Å². The van der Waals surface area contributed by atoms with E-state index < -0.39 is 0 Å². The molecule has 1 saturated carbocycles. The molecule has 1 aliphatic rings. The number of hydrogen-bond acceptors (Lipinski definition) is 2. The lowest BCUT2D eigenvalue weighted by Crippen LogP contribution is -2.25. The van der Waals surface area contributed by atoms with Crippen molar-refractivity contribution < 1.29 is 9.84 Å². The molecule has 0 aliphatic heterocycles. The van der Waals surface area contributed by atoms with Gasteiger partial charge in [-0.2, -0.15) is 0 Å². The van der Waals surface area contributed by atoms with Gasteiger partial charge in [0.05, 0.1) is 6.10 Å². The van der Waals surface area contributed by atoms with Gasteiger partial charge in [-0.25, -0.2) is 0 Å². The van der Waals surface area contributed by atoms with E-state index in [1.165, 1.54) is 11.1 Å². The van der Waals surface area contributed by atoms with Gasteiger partial charge in [-0.3, -0.25) is 0 Å². The summed E-state index contributed by atoms with van der Waals surface area (Å²) in [6.45, 7) is 4.16. The fourth-order valence-electron chi connectivity index (χ4n) is 2.01. The molecule has 2 atom stereocenters. The standard InChI is InChI=1S/C13H18O2/c1-9-6-7-11(8-10(9)2)15-13-5-3-4-12(13)14/h6-8,12-14H,3-5H2,1-2H3/t12-,13-/m0/s1. The molecule has 1 N–H and O–H groups in total. The van der Waals surface area contributed by atoms with Crippen molar-refractivity contribution in [1.29, 1.82) is 0 Å². The van der Waals surface area contributed by atoms with Gasteiger partial charge in [-0.05, 0) is 56.4 Å². The maximum Gasteiger partial charge on any atom is 0.124 e. The van der Waals surface area contributed by atoms with E-state index in [1.54, 1.807) is 0 Å². The number of benzene rings is 1. The van der Waals surface area contributed by atoms with Crippen LogP contribution in [0.25, 0.3) is 0 Å². The first-order valence-corrected chi connectivity index (χ1v) is 5.59. The number of ether oxygens (including phenoxy) is 1. The summed E-state index contributed by atoms with van der Waals surface area (Å²) in [5.41, 5.74) is 2.51. The van der Waals surface area contributed by atoms with Gasteiger partial charge < -0.3 is 9.84 Å². The van der Waals surface area contributed by atoms with Crippen LogP contribution in [0.1, 0.15) is 30.4 Å². The summed E-state index contributed by atoms with van der Waals surface area (Å²) in [5.74, 6) is 0.879. The van der Waals surface area contributed by atoms with Crippen molar-refractivity contribution in [2.45, 2.75) is 45.3 Å². The Morgan fingerprint density at radius 1 is 1.20 bits per heavy atom. The Labute approximate surface area is 90.9 Å². The first-order chi connectivity index (χ1) is 7.16. The van der Waals surface area contributed by atoms with Crippen LogP contribution in [0.15, 0.2) is 18.2 Å². The fraction of sp³-hybridized carbons (Fsp3) is 0.538. The van der Waals surface area contributed by atoms with Crippen LogP contribution in [0, 0.1) is 13.8 Å². The van der Waals surface area contributed by atoms with E-state index >= 15 is 0 Å². The third kappa shape index (κ3) is 2.32. The first-order valence-electron chi connectivity index (χ1n) is 5.59. The van der Waals surface area contributed by atoms with Crippen molar-refractivity contribution in [3.05, 3.63) is 29.3 Å². The molecule has 2 heteroatoms. The Bertz CT molecular complexity index is 346. The molecule has 2 nitrogen and oxygen atoms in total. The summed E-state index contributed by atoms with van der Waals surface area (Å²) in [7, 11) is 0. The summed E-state index contributed by atoms with van der Waals surface area (Å²) in [6.07, 6.45) is 2.61. The molecule has 1 aliphatic carbocycles. The molecule has 1 aromatic rings. The zero-order valence-electron chi connectivity index (χ0n) is 9.36. The zero-order chi connectivity index (χ0) is 10.8. The van der Waals surface area contributed by atoms with Crippen molar-refractivity contribution in [2.24, 2.45) is 0 Å². The van der Waals surface area contributed by atoms with Crippen LogP contribution in [0.5, 0.6) is 5.75 Å². The molecule has 0 saturated heterocycles. The molecular formula is C13H18O2. The molecule has 82 valence electrons. The average Bonchev–Trinajstić information content (AvgIpc) is 2.59. The van der Waals surface area contributed by atoms with Crippen molar-refractivity contribution in [1.82, 2.24) is 0 Å². The second-order valence-corrected chi connectivity index (χ2v) is 4.40. The van der Waals surface area contributed by atoms with E-state index in [0.29, 0.717) is 0 Å². The molecule has 1 fully saturated rings. The smallest absolute Gasteiger partial charge is 0.124 e. The minimum atomic E-state index is -0.286. The van der Waals surface area contributed by atoms with Crippen LogP contribution in [-0.4, -0.2) is 17.3 Å². The van der Waals surface area contributed by atoms with E-state index in [0.717, 1.165) is 25.0 Å². The molecular weight excluding hydrogens is 188 g/mol. The molecule has 2 rings (SSSR count). The van der Waals surface area contributed by atoms with Crippen LogP contribution < -0.4 is 4.74 Å². The molecule has 0 spiro atoms. The Morgan fingerprint density at radius 2 is 2.00 bits per heavy atom. The molecule has 15 heavy (non-hydrogen) atoms. The average molecular weight is 206 g/mol. The fourth-order valence-corrected chi connectivity index (χ4v) is 2.01. The molecule has 0 bridgehead atoms. The van der Waals surface area contributed by atoms with Crippen LogP contribution in [0.3, 0.4) is 0 Å². The van der Waals surface area contributed by atoms with E-state index in [9.17, 15) is 5.11 Å². The quantitative estimate of drug-likeness (QED) is 0.806. The second kappa shape index (κ2) is 4.23. The summed E-state index contributed by atoms with van der Waals surface area (Å²) in [4.78, 5) is 0. The number of hydrogen-bond donors (Lipinski definition) is 1. The third-order valence-corrected chi connectivity index (χ3v) is 3.18. The van der Waals surface area contributed by atoms with Crippen LogP contribution >= 0.6 is 0 Å². The summed E-state index contributed by atoms with van der Waals surface area (Å²) in [5, 5.41) is 9.65. The van der Waals surface area contributed by atoms with Gasteiger partial charge >= 0.3 is 0 Å². The number of aryl methyl sites for hydroxylation is 2. The van der Waals surface area contributed by atoms with Gasteiger partial charge in [0.25, 0.3) is 0 Å². The maximum atomic E-state index is 9.65. The number of aliphatic hydroxyl groups is 1. The lowest BCUT2D eigenvalue weighted by atomic mass is 10.1. The monoisotopic (exact) mass is 206 g/mol. The highest BCUT2D eigenvalue weighted by Gasteiger charge is 2.26. The minimum absolute atomic E-state index is 0.00731. The van der Waals surface area contributed by atoms with E-state index in [4.69, 9.17) is 4.74 Å². The van der Waals surface area contributed by atoms with Gasteiger partial charge in [-0.1, -0.05) is 6.07 Å². The third-order valence-electron chi connectivity index (χ3n) is 3.18. The summed E-state index contributed by atoms with van der Waals surface area (Å²) >= 11 is 0. The summed E-state index contributed by atoms with van der Waals surface area (Å²) < 4.78 is 5.77. The van der Waals surface area contributed by atoms with Gasteiger partial charge in [0.15, 0.2) is 0 Å². The molecule has 0 unspecified atom stereocenters. The Morgan fingerprint density at radius 3 is 2.60 bits per heavy atom. The van der Waals surface area contributed by atoms with Gasteiger partial charge in [-0.15, -0.1) is 0 Å². The topological polar surface area (TPSA) is 29.5 Å². The lowest BCUT2D eigenvalue weighted by molar-refractivity contribution is 0.0603. The predicted molar refractivity (Wildman–Crippen MR) is 60.2 cm³/mol. The Balaban J connectivity index is 2.07. The molecule has 0 heterocycles. The zero-order valence-corrected chi connectivity index (χ0v) is 9.36. The molecule has 0 radical (unpaired) electrons. The van der Waals surface area contributed by atoms with E-state index in [2.05, 4.69) is 19.9 Å². The van der Waals surface area contributed by atoms with Crippen molar-refractivity contribution in [2.75, 3.05) is 0 Å². The van der Waals surface area contributed by atoms with E-state index in [-0.39, 0.29) is 12.2 Å². The van der Waals surface area contributed by atoms with Gasteiger partial charge in [0, 0.05) is 0 Å². The normalized spacial score (nSPS) is 25.5. The largest absolute Gasteiger partial charge is 0.488 e. The Kier molecular flexibility index (Phi) is 2.96. The molecule has 0 aromatic heterocycles. The van der Waals surface area contributed by atoms with E-state index in [1.807, 2.05) is 12.1 Å². The van der Waals surface area contributed by atoms with Crippen LogP contribution in [-0.2, 0) is 0 Å². The SMILES string of the molecule is Cc1ccc(O[C@H]2CCC[C@@H]2O)cc1C. The second-order valence-electron chi connectivity index (χ2n) is 4.40. The predicted octanol–water partition coefficient (Wildman–Crippen LogP) is 2.60. The van der Waals surface area contributed by atoms with Gasteiger partial charge in [0.2, 0.25) is 0 Å². The maximum absolute atomic E-state index is 9.65. The molecule has 1 aromatic carbocycles. The summed E-state index contributed by atoms with van der Waals surface area (Å²) in [6, 6.07) is 6.08.